The average Bonchev–Trinajstić information content (AvgIpc) is 2.64. The van der Waals surface area contributed by atoms with E-state index in [1.54, 1.807) is 24.3 Å². The van der Waals surface area contributed by atoms with E-state index >= 15 is 0 Å². The molecule has 3 aromatic rings. The highest BCUT2D eigenvalue weighted by molar-refractivity contribution is 6.33. The summed E-state index contributed by atoms with van der Waals surface area (Å²) < 4.78 is 4.84. The van der Waals surface area contributed by atoms with Crippen LogP contribution in [0.5, 0.6) is 5.75 Å². The van der Waals surface area contributed by atoms with Gasteiger partial charge >= 0.3 is 7.32 Å². The number of anilines is 3. The van der Waals surface area contributed by atoms with Crippen molar-refractivity contribution in [1.82, 2.24) is 0 Å². The van der Waals surface area contributed by atoms with E-state index in [-0.39, 0.29) is 0 Å². The SMILES string of the molecule is O=Cc1ccc(N(c2ccccc2)c2ccc(OB(O)O)cc2)cc1. The fourth-order valence-electron chi connectivity index (χ4n) is 2.52. The molecule has 0 aliphatic rings. The minimum absolute atomic E-state index is 0.350. The third-order valence-electron chi connectivity index (χ3n) is 3.64. The van der Waals surface area contributed by atoms with Gasteiger partial charge in [-0.2, -0.15) is 0 Å². The molecule has 0 saturated heterocycles. The average molecular weight is 333 g/mol. The molecule has 0 aromatic heterocycles. The smallest absolute Gasteiger partial charge is 0.512 e. The highest BCUT2D eigenvalue weighted by Gasteiger charge is 2.14. The molecule has 6 heteroatoms. The van der Waals surface area contributed by atoms with E-state index in [9.17, 15) is 4.79 Å². The Morgan fingerprint density at radius 2 is 1.28 bits per heavy atom. The molecule has 0 atom stereocenters. The summed E-state index contributed by atoms with van der Waals surface area (Å²) in [5, 5.41) is 17.8. The Morgan fingerprint density at radius 3 is 1.80 bits per heavy atom. The number of para-hydroxylation sites is 1. The van der Waals surface area contributed by atoms with Gasteiger partial charge in [-0.3, -0.25) is 4.79 Å². The first-order valence-corrected chi connectivity index (χ1v) is 7.70. The second kappa shape index (κ2) is 7.66. The number of hydrogen-bond donors (Lipinski definition) is 2. The van der Waals surface area contributed by atoms with Gasteiger partial charge in [0, 0.05) is 22.6 Å². The minimum atomic E-state index is -1.85. The molecule has 0 unspecified atom stereocenters. The van der Waals surface area contributed by atoms with E-state index in [0.717, 1.165) is 23.3 Å². The molecule has 2 N–H and O–H groups in total. The Hall–Kier alpha value is -3.09. The first kappa shape index (κ1) is 16.8. The van der Waals surface area contributed by atoms with Crippen LogP contribution in [-0.4, -0.2) is 23.7 Å². The first-order valence-electron chi connectivity index (χ1n) is 7.70. The van der Waals surface area contributed by atoms with E-state index in [2.05, 4.69) is 0 Å². The lowest BCUT2D eigenvalue weighted by molar-refractivity contribution is 0.112. The van der Waals surface area contributed by atoms with Gasteiger partial charge < -0.3 is 19.6 Å². The summed E-state index contributed by atoms with van der Waals surface area (Å²) in [7, 11) is -1.85. The van der Waals surface area contributed by atoms with Crippen molar-refractivity contribution in [2.24, 2.45) is 0 Å². The summed E-state index contributed by atoms with van der Waals surface area (Å²) in [4.78, 5) is 12.9. The van der Waals surface area contributed by atoms with Crippen LogP contribution in [0, 0.1) is 0 Å². The molecule has 0 amide bonds. The Labute approximate surface area is 145 Å². The number of hydrogen-bond acceptors (Lipinski definition) is 5. The van der Waals surface area contributed by atoms with Crippen LogP contribution in [0.4, 0.5) is 17.1 Å². The van der Waals surface area contributed by atoms with Crippen LogP contribution in [0.1, 0.15) is 10.4 Å². The number of nitrogens with zero attached hydrogens (tertiary/aromatic N) is 1. The fraction of sp³-hybridized carbons (Fsp3) is 0. The molecule has 5 nitrogen and oxygen atoms in total. The van der Waals surface area contributed by atoms with Crippen molar-refractivity contribution in [3.63, 3.8) is 0 Å². The van der Waals surface area contributed by atoms with Crippen LogP contribution in [0.2, 0.25) is 0 Å². The number of carbonyl (C=O) groups excluding carboxylic acids is 1. The zero-order valence-electron chi connectivity index (χ0n) is 13.3. The van der Waals surface area contributed by atoms with Gasteiger partial charge in [0.25, 0.3) is 0 Å². The summed E-state index contributed by atoms with van der Waals surface area (Å²) in [6.07, 6.45) is 0.809. The molecule has 0 bridgehead atoms. The largest absolute Gasteiger partial charge is 0.707 e. The summed E-state index contributed by atoms with van der Waals surface area (Å²) in [5.74, 6) is 0.350. The summed E-state index contributed by atoms with van der Waals surface area (Å²) in [6, 6.07) is 24.0. The van der Waals surface area contributed by atoms with E-state index < -0.39 is 7.32 Å². The Balaban J connectivity index is 2.00. The quantitative estimate of drug-likeness (QED) is 0.535. The normalized spacial score (nSPS) is 10.2. The highest BCUT2D eigenvalue weighted by Crippen LogP contribution is 2.35. The topological polar surface area (TPSA) is 70.0 Å². The van der Waals surface area contributed by atoms with Gasteiger partial charge in [0.2, 0.25) is 0 Å². The van der Waals surface area contributed by atoms with Crippen molar-refractivity contribution >= 4 is 30.7 Å². The van der Waals surface area contributed by atoms with Gasteiger partial charge in [-0.05, 0) is 60.7 Å². The fourth-order valence-corrected chi connectivity index (χ4v) is 2.52. The molecule has 3 aromatic carbocycles. The molecule has 3 rings (SSSR count). The first-order chi connectivity index (χ1) is 12.2. The maximum absolute atomic E-state index is 10.9. The van der Waals surface area contributed by atoms with E-state index in [0.29, 0.717) is 11.3 Å². The molecule has 0 aliphatic carbocycles. The van der Waals surface area contributed by atoms with Crippen LogP contribution in [0.3, 0.4) is 0 Å². The van der Waals surface area contributed by atoms with Gasteiger partial charge in [-0.15, -0.1) is 0 Å². The number of carbonyl (C=O) groups is 1. The number of benzene rings is 3. The zero-order chi connectivity index (χ0) is 17.6. The van der Waals surface area contributed by atoms with Crippen LogP contribution < -0.4 is 9.55 Å². The molecule has 0 radical (unpaired) electrons. The lowest BCUT2D eigenvalue weighted by Crippen LogP contribution is -2.20. The molecule has 0 heterocycles. The van der Waals surface area contributed by atoms with Crippen molar-refractivity contribution in [2.75, 3.05) is 4.90 Å². The lowest BCUT2D eigenvalue weighted by Gasteiger charge is -2.25. The highest BCUT2D eigenvalue weighted by atomic mass is 16.6. The zero-order valence-corrected chi connectivity index (χ0v) is 13.3. The van der Waals surface area contributed by atoms with E-state index in [1.165, 1.54) is 0 Å². The van der Waals surface area contributed by atoms with Gasteiger partial charge in [0.1, 0.15) is 12.0 Å². The molecule has 0 saturated carbocycles. The van der Waals surface area contributed by atoms with Crippen molar-refractivity contribution in [3.8, 4) is 5.75 Å². The summed E-state index contributed by atoms with van der Waals surface area (Å²) in [6.45, 7) is 0. The third-order valence-corrected chi connectivity index (χ3v) is 3.64. The van der Waals surface area contributed by atoms with Crippen molar-refractivity contribution in [3.05, 3.63) is 84.4 Å². The van der Waals surface area contributed by atoms with Crippen LogP contribution >= 0.6 is 0 Å². The standard InChI is InChI=1S/C19H16BNO4/c22-14-15-6-8-17(9-7-15)21(16-4-2-1-3-5-16)18-10-12-19(13-11-18)25-20(23)24/h1-14,23-24H. The molecule has 25 heavy (non-hydrogen) atoms. The maximum Gasteiger partial charge on any atom is 0.707 e. The Morgan fingerprint density at radius 1 is 0.760 bits per heavy atom. The number of rotatable bonds is 6. The minimum Gasteiger partial charge on any atom is -0.512 e. The predicted molar refractivity (Wildman–Crippen MR) is 97.3 cm³/mol. The summed E-state index contributed by atoms with van der Waals surface area (Å²) in [5.41, 5.74) is 3.33. The van der Waals surface area contributed by atoms with Crippen molar-refractivity contribution in [2.45, 2.75) is 0 Å². The second-order valence-electron chi connectivity index (χ2n) is 5.32. The maximum atomic E-state index is 10.9. The molecule has 0 fully saturated rings. The molecular formula is C19H16BNO4. The number of aldehydes is 1. The van der Waals surface area contributed by atoms with Crippen LogP contribution in [0.15, 0.2) is 78.9 Å². The van der Waals surface area contributed by atoms with E-state index in [1.807, 2.05) is 59.5 Å². The van der Waals surface area contributed by atoms with Crippen molar-refractivity contribution in [1.29, 1.82) is 0 Å². The molecule has 124 valence electrons. The van der Waals surface area contributed by atoms with Gasteiger partial charge in [0.15, 0.2) is 0 Å². The van der Waals surface area contributed by atoms with Gasteiger partial charge in [0.05, 0.1) is 0 Å². The Bertz CT molecular complexity index is 820. The predicted octanol–water partition coefficient (Wildman–Crippen LogP) is 3.32. The molecule has 0 aliphatic heterocycles. The monoisotopic (exact) mass is 333 g/mol. The Kier molecular flexibility index (Phi) is 5.13. The second-order valence-corrected chi connectivity index (χ2v) is 5.32. The van der Waals surface area contributed by atoms with Gasteiger partial charge in [-0.25, -0.2) is 0 Å². The third kappa shape index (κ3) is 4.06. The molecule has 0 spiro atoms. The van der Waals surface area contributed by atoms with Gasteiger partial charge in [-0.1, -0.05) is 18.2 Å². The molecular weight excluding hydrogens is 317 g/mol. The van der Waals surface area contributed by atoms with E-state index in [4.69, 9.17) is 14.7 Å². The van der Waals surface area contributed by atoms with Crippen molar-refractivity contribution < 1.29 is 19.5 Å². The van der Waals surface area contributed by atoms with Crippen LogP contribution in [0.25, 0.3) is 0 Å². The van der Waals surface area contributed by atoms with Crippen LogP contribution in [-0.2, 0) is 0 Å². The summed E-state index contributed by atoms with van der Waals surface area (Å²) >= 11 is 0. The lowest BCUT2D eigenvalue weighted by atomic mass is 10.1.